The Morgan fingerprint density at radius 3 is 2.63 bits per heavy atom. The molecule has 0 unspecified atom stereocenters. The lowest BCUT2D eigenvalue weighted by Crippen LogP contribution is -2.44. The normalized spacial score (nSPS) is 16.9. The quantitative estimate of drug-likeness (QED) is 0.897. The van der Waals surface area contributed by atoms with Crippen LogP contribution in [-0.4, -0.2) is 46.8 Å². The third-order valence-corrected chi connectivity index (χ3v) is 3.90. The molecule has 5 nitrogen and oxygen atoms in total. The van der Waals surface area contributed by atoms with Crippen LogP contribution in [0.25, 0.3) is 0 Å². The number of hydrogen-bond acceptors (Lipinski definition) is 3. The SMILES string of the molecule is CC(C)c1cc(C(=O)N(C)C2CCNCC2)nn1C. The Morgan fingerprint density at radius 2 is 2.11 bits per heavy atom. The van der Waals surface area contributed by atoms with Crippen LogP contribution in [0.1, 0.15) is 48.8 Å². The van der Waals surface area contributed by atoms with Gasteiger partial charge in [0.15, 0.2) is 5.69 Å². The molecular weight excluding hydrogens is 240 g/mol. The summed E-state index contributed by atoms with van der Waals surface area (Å²) < 4.78 is 1.81. The van der Waals surface area contributed by atoms with Crippen molar-refractivity contribution in [1.82, 2.24) is 20.0 Å². The highest BCUT2D eigenvalue weighted by Gasteiger charge is 2.25. The summed E-state index contributed by atoms with van der Waals surface area (Å²) in [5.74, 6) is 0.414. The highest BCUT2D eigenvalue weighted by atomic mass is 16.2. The molecule has 1 amide bonds. The molecule has 1 N–H and O–H groups in total. The second-order valence-corrected chi connectivity index (χ2v) is 5.63. The van der Waals surface area contributed by atoms with Crippen molar-refractivity contribution in [3.63, 3.8) is 0 Å². The third-order valence-electron chi connectivity index (χ3n) is 3.90. The molecule has 1 aromatic heterocycles. The molecule has 19 heavy (non-hydrogen) atoms. The van der Waals surface area contributed by atoms with Gasteiger partial charge in [0.2, 0.25) is 0 Å². The maximum absolute atomic E-state index is 12.5. The maximum atomic E-state index is 12.5. The zero-order valence-electron chi connectivity index (χ0n) is 12.3. The molecule has 1 aliphatic rings. The van der Waals surface area contributed by atoms with Crippen molar-refractivity contribution in [1.29, 1.82) is 0 Å². The van der Waals surface area contributed by atoms with Gasteiger partial charge in [-0.05, 0) is 37.9 Å². The predicted molar refractivity (Wildman–Crippen MR) is 75.3 cm³/mol. The number of nitrogens with zero attached hydrogens (tertiary/aromatic N) is 3. The number of rotatable bonds is 3. The molecule has 0 spiro atoms. The number of carbonyl (C=O) groups excluding carboxylic acids is 1. The largest absolute Gasteiger partial charge is 0.337 e. The molecule has 5 heteroatoms. The van der Waals surface area contributed by atoms with Crippen molar-refractivity contribution >= 4 is 5.91 Å². The van der Waals surface area contributed by atoms with E-state index in [2.05, 4.69) is 24.3 Å². The van der Waals surface area contributed by atoms with Crippen LogP contribution < -0.4 is 5.32 Å². The van der Waals surface area contributed by atoms with Crippen LogP contribution in [0.5, 0.6) is 0 Å². The standard InChI is InChI=1S/C14H24N4O/c1-10(2)13-9-12(16-18(13)4)14(19)17(3)11-5-7-15-8-6-11/h9-11,15H,5-8H2,1-4H3. The lowest BCUT2D eigenvalue weighted by molar-refractivity contribution is 0.0696. The predicted octanol–water partition coefficient (Wildman–Crippen LogP) is 1.37. The average Bonchev–Trinajstić information content (AvgIpc) is 2.80. The summed E-state index contributed by atoms with van der Waals surface area (Å²) in [7, 11) is 3.79. The summed E-state index contributed by atoms with van der Waals surface area (Å²) in [5, 5.41) is 7.68. The fourth-order valence-electron chi connectivity index (χ4n) is 2.67. The minimum atomic E-state index is 0.0365. The summed E-state index contributed by atoms with van der Waals surface area (Å²) in [6, 6.07) is 2.25. The zero-order chi connectivity index (χ0) is 14.0. The Labute approximate surface area is 115 Å². The number of nitrogens with one attached hydrogen (secondary N) is 1. The summed E-state index contributed by atoms with van der Waals surface area (Å²) in [6.45, 7) is 6.20. The number of amides is 1. The Kier molecular flexibility index (Phi) is 4.24. The first-order chi connectivity index (χ1) is 9.00. The van der Waals surface area contributed by atoms with Gasteiger partial charge in [0.1, 0.15) is 0 Å². The smallest absolute Gasteiger partial charge is 0.274 e. The lowest BCUT2D eigenvalue weighted by Gasteiger charge is -2.31. The number of piperidine rings is 1. The molecule has 0 aliphatic carbocycles. The topological polar surface area (TPSA) is 50.2 Å². The van der Waals surface area contributed by atoms with Crippen molar-refractivity contribution in [2.75, 3.05) is 20.1 Å². The van der Waals surface area contributed by atoms with Gasteiger partial charge in [-0.3, -0.25) is 9.48 Å². The molecule has 2 heterocycles. The number of carbonyl (C=O) groups is 1. The van der Waals surface area contributed by atoms with Gasteiger partial charge in [-0.15, -0.1) is 0 Å². The Balaban J connectivity index is 2.12. The Morgan fingerprint density at radius 1 is 1.47 bits per heavy atom. The third kappa shape index (κ3) is 2.97. The minimum absolute atomic E-state index is 0.0365. The van der Waals surface area contributed by atoms with Crippen molar-refractivity contribution in [2.24, 2.45) is 7.05 Å². The molecule has 0 bridgehead atoms. The molecule has 0 aromatic carbocycles. The second kappa shape index (κ2) is 5.74. The van der Waals surface area contributed by atoms with Gasteiger partial charge < -0.3 is 10.2 Å². The molecule has 1 aliphatic heterocycles. The van der Waals surface area contributed by atoms with E-state index >= 15 is 0 Å². The highest BCUT2D eigenvalue weighted by Crippen LogP contribution is 2.18. The van der Waals surface area contributed by atoms with E-state index in [9.17, 15) is 4.79 Å². The molecular formula is C14H24N4O. The summed E-state index contributed by atoms with van der Waals surface area (Å²) in [6.07, 6.45) is 2.04. The van der Waals surface area contributed by atoms with E-state index in [0.29, 0.717) is 17.7 Å². The van der Waals surface area contributed by atoms with Crippen LogP contribution in [0.3, 0.4) is 0 Å². The molecule has 1 saturated heterocycles. The molecule has 106 valence electrons. The van der Waals surface area contributed by atoms with Gasteiger partial charge in [0.25, 0.3) is 5.91 Å². The summed E-state index contributed by atoms with van der Waals surface area (Å²) in [5.41, 5.74) is 1.66. The molecule has 0 radical (unpaired) electrons. The van der Waals surface area contributed by atoms with E-state index in [1.54, 1.807) is 0 Å². The van der Waals surface area contributed by atoms with Gasteiger partial charge in [0, 0.05) is 25.8 Å². The van der Waals surface area contributed by atoms with E-state index in [0.717, 1.165) is 31.6 Å². The van der Waals surface area contributed by atoms with Gasteiger partial charge in [0.05, 0.1) is 0 Å². The summed E-state index contributed by atoms with van der Waals surface area (Å²) in [4.78, 5) is 14.3. The van der Waals surface area contributed by atoms with E-state index in [1.807, 2.05) is 29.7 Å². The minimum Gasteiger partial charge on any atom is -0.337 e. The average molecular weight is 264 g/mol. The Bertz CT molecular complexity index is 446. The van der Waals surface area contributed by atoms with E-state index in [1.165, 1.54) is 0 Å². The molecule has 1 fully saturated rings. The monoisotopic (exact) mass is 264 g/mol. The van der Waals surface area contributed by atoms with E-state index in [-0.39, 0.29) is 5.91 Å². The van der Waals surface area contributed by atoms with Crippen molar-refractivity contribution in [2.45, 2.75) is 38.6 Å². The number of aromatic nitrogens is 2. The van der Waals surface area contributed by atoms with Crippen LogP contribution >= 0.6 is 0 Å². The fourth-order valence-corrected chi connectivity index (χ4v) is 2.67. The first-order valence-electron chi connectivity index (χ1n) is 7.02. The van der Waals surface area contributed by atoms with Crippen LogP contribution in [0.2, 0.25) is 0 Å². The molecule has 1 aromatic rings. The maximum Gasteiger partial charge on any atom is 0.274 e. The van der Waals surface area contributed by atoms with Gasteiger partial charge >= 0.3 is 0 Å². The molecule has 0 saturated carbocycles. The first kappa shape index (κ1) is 14.1. The van der Waals surface area contributed by atoms with E-state index < -0.39 is 0 Å². The molecule has 0 atom stereocenters. The molecule has 2 rings (SSSR count). The second-order valence-electron chi connectivity index (χ2n) is 5.63. The number of hydrogen-bond donors (Lipinski definition) is 1. The summed E-state index contributed by atoms with van der Waals surface area (Å²) >= 11 is 0. The highest BCUT2D eigenvalue weighted by molar-refractivity contribution is 5.92. The van der Waals surface area contributed by atoms with Crippen LogP contribution in [0, 0.1) is 0 Å². The van der Waals surface area contributed by atoms with E-state index in [4.69, 9.17) is 0 Å². The lowest BCUT2D eigenvalue weighted by atomic mass is 10.0. The van der Waals surface area contributed by atoms with Gasteiger partial charge in [-0.1, -0.05) is 13.8 Å². The Hall–Kier alpha value is -1.36. The first-order valence-corrected chi connectivity index (χ1v) is 7.02. The fraction of sp³-hybridized carbons (Fsp3) is 0.714. The van der Waals surface area contributed by atoms with Gasteiger partial charge in [-0.25, -0.2) is 0 Å². The number of aryl methyl sites for hydroxylation is 1. The zero-order valence-corrected chi connectivity index (χ0v) is 12.3. The van der Waals surface area contributed by atoms with Gasteiger partial charge in [-0.2, -0.15) is 5.10 Å². The van der Waals surface area contributed by atoms with Crippen molar-refractivity contribution in [3.8, 4) is 0 Å². The van der Waals surface area contributed by atoms with Crippen LogP contribution in [0.4, 0.5) is 0 Å². The van der Waals surface area contributed by atoms with Crippen LogP contribution in [-0.2, 0) is 7.05 Å². The van der Waals surface area contributed by atoms with Crippen molar-refractivity contribution in [3.05, 3.63) is 17.5 Å². The van der Waals surface area contributed by atoms with Crippen LogP contribution in [0.15, 0.2) is 6.07 Å². The van der Waals surface area contributed by atoms with Crippen molar-refractivity contribution < 1.29 is 4.79 Å².